The second kappa shape index (κ2) is 3.33. The lowest BCUT2D eigenvalue weighted by Gasteiger charge is -2.00. The SMILES string of the molecule is O=S1(=O)CCC(c2cnc(Br)s2)C1. The first-order valence-electron chi connectivity index (χ1n) is 3.88. The molecule has 1 atom stereocenters. The van der Waals surface area contributed by atoms with Gasteiger partial charge in [0.25, 0.3) is 0 Å². The van der Waals surface area contributed by atoms with Gasteiger partial charge >= 0.3 is 0 Å². The first-order chi connectivity index (χ1) is 6.07. The fraction of sp³-hybridized carbons (Fsp3) is 0.571. The molecule has 1 fully saturated rings. The Labute approximate surface area is 89.2 Å². The highest BCUT2D eigenvalue weighted by molar-refractivity contribution is 9.11. The maximum Gasteiger partial charge on any atom is 0.159 e. The van der Waals surface area contributed by atoms with Crippen molar-refractivity contribution in [3.05, 3.63) is 15.0 Å². The molecule has 1 aromatic heterocycles. The third-order valence-electron chi connectivity index (χ3n) is 2.13. The van der Waals surface area contributed by atoms with Crippen LogP contribution in [-0.2, 0) is 9.84 Å². The highest BCUT2D eigenvalue weighted by Crippen LogP contribution is 2.33. The van der Waals surface area contributed by atoms with Crippen molar-refractivity contribution in [2.24, 2.45) is 0 Å². The lowest BCUT2D eigenvalue weighted by atomic mass is 10.1. The van der Waals surface area contributed by atoms with Crippen molar-refractivity contribution < 1.29 is 8.42 Å². The summed E-state index contributed by atoms with van der Waals surface area (Å²) in [6.45, 7) is 0. The predicted octanol–water partition coefficient (Wildman–Crippen LogP) is 1.81. The molecule has 0 N–H and O–H groups in total. The van der Waals surface area contributed by atoms with Gasteiger partial charge in [0.1, 0.15) is 0 Å². The Hall–Kier alpha value is 0.0600. The smallest absolute Gasteiger partial charge is 0.159 e. The van der Waals surface area contributed by atoms with Crippen LogP contribution >= 0.6 is 27.3 Å². The van der Waals surface area contributed by atoms with E-state index in [9.17, 15) is 8.42 Å². The van der Waals surface area contributed by atoms with E-state index in [0.29, 0.717) is 11.5 Å². The highest BCUT2D eigenvalue weighted by atomic mass is 79.9. The number of nitrogens with zero attached hydrogens (tertiary/aromatic N) is 1. The van der Waals surface area contributed by atoms with Gasteiger partial charge in [0.15, 0.2) is 13.8 Å². The van der Waals surface area contributed by atoms with E-state index in [-0.39, 0.29) is 5.92 Å². The Kier molecular flexibility index (Phi) is 2.46. The molecule has 1 saturated heterocycles. The molecule has 2 heterocycles. The Morgan fingerprint density at radius 1 is 1.62 bits per heavy atom. The number of thiazole rings is 1. The molecule has 13 heavy (non-hydrogen) atoms. The summed E-state index contributed by atoms with van der Waals surface area (Å²) < 4.78 is 23.2. The van der Waals surface area contributed by atoms with Crippen LogP contribution in [0.2, 0.25) is 0 Å². The Balaban J connectivity index is 2.21. The van der Waals surface area contributed by atoms with Crippen LogP contribution in [0.4, 0.5) is 0 Å². The molecule has 1 unspecified atom stereocenters. The van der Waals surface area contributed by atoms with Gasteiger partial charge in [0.2, 0.25) is 0 Å². The molecule has 72 valence electrons. The van der Waals surface area contributed by atoms with Gasteiger partial charge in [-0.05, 0) is 22.4 Å². The molecule has 0 aliphatic carbocycles. The van der Waals surface area contributed by atoms with Crippen molar-refractivity contribution >= 4 is 37.1 Å². The van der Waals surface area contributed by atoms with Crippen LogP contribution in [0.5, 0.6) is 0 Å². The summed E-state index contributed by atoms with van der Waals surface area (Å²) >= 11 is 4.79. The van der Waals surface area contributed by atoms with Gasteiger partial charge in [0.05, 0.1) is 11.5 Å². The molecule has 0 aromatic carbocycles. The van der Waals surface area contributed by atoms with Gasteiger partial charge in [-0.1, -0.05) is 0 Å². The second-order valence-electron chi connectivity index (χ2n) is 3.12. The van der Waals surface area contributed by atoms with E-state index >= 15 is 0 Å². The average molecular weight is 282 g/mol. The molecule has 0 saturated carbocycles. The molecule has 3 nitrogen and oxygen atoms in total. The predicted molar refractivity (Wildman–Crippen MR) is 55.8 cm³/mol. The summed E-state index contributed by atoms with van der Waals surface area (Å²) in [5.74, 6) is 0.795. The van der Waals surface area contributed by atoms with Gasteiger partial charge in [-0.15, -0.1) is 11.3 Å². The van der Waals surface area contributed by atoms with Gasteiger partial charge in [-0.2, -0.15) is 0 Å². The molecule has 1 aliphatic rings. The van der Waals surface area contributed by atoms with Crippen molar-refractivity contribution in [2.75, 3.05) is 11.5 Å². The fourth-order valence-corrected chi connectivity index (χ4v) is 4.78. The third kappa shape index (κ3) is 2.11. The fourth-order valence-electron chi connectivity index (χ4n) is 1.47. The second-order valence-corrected chi connectivity index (χ2v) is 7.68. The van der Waals surface area contributed by atoms with Gasteiger partial charge in [0, 0.05) is 17.0 Å². The lowest BCUT2D eigenvalue weighted by molar-refractivity contribution is 0.601. The zero-order valence-electron chi connectivity index (χ0n) is 6.73. The number of aromatic nitrogens is 1. The van der Waals surface area contributed by atoms with Crippen molar-refractivity contribution in [1.82, 2.24) is 4.98 Å². The summed E-state index contributed by atoms with van der Waals surface area (Å²) in [5, 5.41) is 0. The van der Waals surface area contributed by atoms with Gasteiger partial charge < -0.3 is 0 Å². The molecule has 6 heteroatoms. The minimum Gasteiger partial charge on any atom is -0.237 e. The number of rotatable bonds is 1. The van der Waals surface area contributed by atoms with Crippen LogP contribution in [0.1, 0.15) is 17.2 Å². The molecular weight excluding hydrogens is 274 g/mol. The normalized spacial score (nSPS) is 26.4. The number of hydrogen-bond donors (Lipinski definition) is 0. The maximum atomic E-state index is 11.2. The van der Waals surface area contributed by atoms with E-state index in [0.717, 1.165) is 15.2 Å². The quantitative estimate of drug-likeness (QED) is 0.789. The third-order valence-corrected chi connectivity index (χ3v) is 5.54. The van der Waals surface area contributed by atoms with Crippen LogP contribution in [0, 0.1) is 0 Å². The van der Waals surface area contributed by atoms with E-state index in [1.165, 1.54) is 11.3 Å². The van der Waals surface area contributed by atoms with E-state index < -0.39 is 9.84 Å². The molecule has 1 aromatic rings. The summed E-state index contributed by atoms with van der Waals surface area (Å²) in [7, 11) is -2.77. The zero-order chi connectivity index (χ0) is 9.47. The topological polar surface area (TPSA) is 47.0 Å². The maximum absolute atomic E-state index is 11.2. The first-order valence-corrected chi connectivity index (χ1v) is 7.31. The first kappa shape index (κ1) is 9.61. The van der Waals surface area contributed by atoms with Crippen LogP contribution in [-0.4, -0.2) is 24.9 Å². The molecule has 2 rings (SSSR count). The van der Waals surface area contributed by atoms with Crippen molar-refractivity contribution in [3.8, 4) is 0 Å². The number of halogens is 1. The average Bonchev–Trinajstić information content (AvgIpc) is 2.56. The zero-order valence-corrected chi connectivity index (χ0v) is 9.95. The lowest BCUT2D eigenvalue weighted by Crippen LogP contribution is -2.02. The van der Waals surface area contributed by atoms with Crippen LogP contribution in [0.3, 0.4) is 0 Å². The molecule has 0 spiro atoms. The van der Waals surface area contributed by atoms with Crippen LogP contribution < -0.4 is 0 Å². The van der Waals surface area contributed by atoms with E-state index in [1.807, 2.05) is 0 Å². The van der Waals surface area contributed by atoms with Gasteiger partial charge in [-0.25, -0.2) is 13.4 Å². The Morgan fingerprint density at radius 3 is 2.85 bits per heavy atom. The van der Waals surface area contributed by atoms with E-state index in [4.69, 9.17) is 0 Å². The van der Waals surface area contributed by atoms with Crippen LogP contribution in [0.25, 0.3) is 0 Å². The largest absolute Gasteiger partial charge is 0.237 e. The Bertz CT molecular complexity index is 412. The van der Waals surface area contributed by atoms with Gasteiger partial charge in [-0.3, -0.25) is 0 Å². The molecular formula is C7H8BrNO2S2. The standard InChI is InChI=1S/C7H8BrNO2S2/c8-7-9-3-6(12-7)5-1-2-13(10,11)4-5/h3,5H,1-2,4H2. The molecule has 0 bridgehead atoms. The Morgan fingerprint density at radius 2 is 2.38 bits per heavy atom. The summed E-state index contributed by atoms with van der Waals surface area (Å²) in [4.78, 5) is 5.13. The summed E-state index contributed by atoms with van der Waals surface area (Å²) in [6, 6.07) is 0. The number of sulfone groups is 1. The minimum atomic E-state index is -2.77. The van der Waals surface area contributed by atoms with E-state index in [1.54, 1.807) is 6.20 Å². The highest BCUT2D eigenvalue weighted by Gasteiger charge is 2.30. The van der Waals surface area contributed by atoms with Crippen molar-refractivity contribution in [3.63, 3.8) is 0 Å². The minimum absolute atomic E-state index is 0.175. The van der Waals surface area contributed by atoms with Crippen molar-refractivity contribution in [2.45, 2.75) is 12.3 Å². The number of hydrogen-bond acceptors (Lipinski definition) is 4. The monoisotopic (exact) mass is 281 g/mol. The molecule has 1 aliphatic heterocycles. The molecule has 0 radical (unpaired) electrons. The molecule has 0 amide bonds. The summed E-state index contributed by atoms with van der Waals surface area (Å²) in [5.41, 5.74) is 0. The van der Waals surface area contributed by atoms with Crippen LogP contribution in [0.15, 0.2) is 10.1 Å². The van der Waals surface area contributed by atoms with E-state index in [2.05, 4.69) is 20.9 Å². The summed E-state index contributed by atoms with van der Waals surface area (Å²) in [6.07, 6.45) is 2.51. The van der Waals surface area contributed by atoms with Crippen molar-refractivity contribution in [1.29, 1.82) is 0 Å².